The average Bonchev–Trinajstić information content (AvgIpc) is 2.63. The van der Waals surface area contributed by atoms with E-state index >= 15 is 0 Å². The number of carbonyl (C=O) groups excluding carboxylic acids is 1. The summed E-state index contributed by atoms with van der Waals surface area (Å²) in [7, 11) is 0. The normalized spacial score (nSPS) is 10.7. The molecule has 0 aliphatic carbocycles. The van der Waals surface area contributed by atoms with Crippen molar-refractivity contribution in [2.75, 3.05) is 0 Å². The molecular formula is C13H14OS. The smallest absolute Gasteiger partial charge is 0.120 e. The van der Waals surface area contributed by atoms with Crippen LogP contribution in [-0.4, -0.2) is 6.29 Å². The summed E-state index contributed by atoms with van der Waals surface area (Å²) in [6.45, 7) is 2.18. The Kier molecular flexibility index (Phi) is 3.17. The molecule has 2 heteroatoms. The van der Waals surface area contributed by atoms with Crippen molar-refractivity contribution >= 4 is 27.7 Å². The van der Waals surface area contributed by atoms with E-state index < -0.39 is 0 Å². The van der Waals surface area contributed by atoms with E-state index in [4.69, 9.17) is 0 Å². The van der Waals surface area contributed by atoms with Gasteiger partial charge in [0.2, 0.25) is 0 Å². The van der Waals surface area contributed by atoms with Crippen molar-refractivity contribution in [3.8, 4) is 0 Å². The van der Waals surface area contributed by atoms with Crippen LogP contribution in [0.2, 0.25) is 0 Å². The predicted octanol–water partition coefficient (Wildman–Crippen LogP) is 3.60. The molecular weight excluding hydrogens is 204 g/mol. The van der Waals surface area contributed by atoms with Crippen molar-refractivity contribution in [2.45, 2.75) is 26.2 Å². The van der Waals surface area contributed by atoms with E-state index in [1.54, 1.807) is 0 Å². The Hall–Kier alpha value is -1.15. The largest absolute Gasteiger partial charge is 0.303 e. The number of fused-ring (bicyclic) bond motifs is 1. The highest BCUT2D eigenvalue weighted by Gasteiger charge is 2.09. The third-order valence-corrected chi connectivity index (χ3v) is 3.90. The van der Waals surface area contributed by atoms with Gasteiger partial charge in [-0.25, -0.2) is 0 Å². The molecule has 0 bridgehead atoms. The second kappa shape index (κ2) is 4.58. The van der Waals surface area contributed by atoms with Crippen molar-refractivity contribution in [1.82, 2.24) is 0 Å². The molecule has 15 heavy (non-hydrogen) atoms. The lowest BCUT2D eigenvalue weighted by molar-refractivity contribution is -0.107. The topological polar surface area (TPSA) is 17.1 Å². The number of thiophene rings is 1. The first-order valence-corrected chi connectivity index (χ1v) is 6.11. The number of rotatable bonds is 4. The maximum absolute atomic E-state index is 10.4. The predicted molar refractivity (Wildman–Crippen MR) is 65.6 cm³/mol. The Bertz CT molecular complexity index is 470. The van der Waals surface area contributed by atoms with Gasteiger partial charge in [-0.2, -0.15) is 0 Å². The van der Waals surface area contributed by atoms with Gasteiger partial charge in [0, 0.05) is 16.0 Å². The van der Waals surface area contributed by atoms with Crippen molar-refractivity contribution in [2.24, 2.45) is 0 Å². The van der Waals surface area contributed by atoms with Crippen LogP contribution >= 0.6 is 11.3 Å². The van der Waals surface area contributed by atoms with Crippen LogP contribution in [0.3, 0.4) is 0 Å². The van der Waals surface area contributed by atoms with Gasteiger partial charge in [-0.05, 0) is 29.9 Å². The minimum Gasteiger partial charge on any atom is -0.303 e. The molecule has 0 radical (unpaired) electrons. The standard InChI is InChI=1S/C13H14OS/c1-2-10-11-6-3-4-7-13(11)15-12(10)8-5-9-14/h3-4,6-7,9H,2,5,8H2,1H3. The van der Waals surface area contributed by atoms with Gasteiger partial charge in [-0.15, -0.1) is 11.3 Å². The van der Waals surface area contributed by atoms with Gasteiger partial charge < -0.3 is 4.79 Å². The summed E-state index contributed by atoms with van der Waals surface area (Å²) in [5, 5.41) is 1.37. The molecule has 0 N–H and O–H groups in total. The molecule has 0 saturated heterocycles. The van der Waals surface area contributed by atoms with E-state index in [0.29, 0.717) is 6.42 Å². The van der Waals surface area contributed by atoms with Crippen molar-refractivity contribution < 1.29 is 4.79 Å². The second-order valence-corrected chi connectivity index (χ2v) is 4.70. The van der Waals surface area contributed by atoms with E-state index in [-0.39, 0.29) is 0 Å². The molecule has 0 atom stereocenters. The Morgan fingerprint density at radius 3 is 2.87 bits per heavy atom. The fourth-order valence-electron chi connectivity index (χ4n) is 1.93. The van der Waals surface area contributed by atoms with Crippen LogP contribution in [0.25, 0.3) is 10.1 Å². The first-order chi connectivity index (χ1) is 7.36. The molecule has 0 fully saturated rings. The van der Waals surface area contributed by atoms with E-state index in [0.717, 1.165) is 19.1 Å². The van der Waals surface area contributed by atoms with Crippen molar-refractivity contribution in [1.29, 1.82) is 0 Å². The van der Waals surface area contributed by atoms with Crippen LogP contribution in [-0.2, 0) is 17.6 Å². The van der Waals surface area contributed by atoms with Crippen molar-refractivity contribution in [3.05, 3.63) is 34.7 Å². The monoisotopic (exact) mass is 218 g/mol. The fourth-order valence-corrected chi connectivity index (χ4v) is 3.24. The molecule has 1 heterocycles. The Labute approximate surface area is 93.7 Å². The molecule has 0 aliphatic heterocycles. The third-order valence-electron chi connectivity index (χ3n) is 2.62. The molecule has 0 aliphatic rings. The summed E-state index contributed by atoms with van der Waals surface area (Å²) in [5.74, 6) is 0. The van der Waals surface area contributed by atoms with Crippen molar-refractivity contribution in [3.63, 3.8) is 0 Å². The fraction of sp³-hybridized carbons (Fsp3) is 0.308. The van der Waals surface area contributed by atoms with Crippen LogP contribution in [0.15, 0.2) is 24.3 Å². The summed E-state index contributed by atoms with van der Waals surface area (Å²) in [6, 6.07) is 8.48. The molecule has 2 rings (SSSR count). The summed E-state index contributed by atoms with van der Waals surface area (Å²) >= 11 is 1.83. The first-order valence-electron chi connectivity index (χ1n) is 5.29. The van der Waals surface area contributed by atoms with E-state index in [1.165, 1.54) is 20.5 Å². The van der Waals surface area contributed by atoms with E-state index in [1.807, 2.05) is 11.3 Å². The van der Waals surface area contributed by atoms with Crippen LogP contribution in [0.5, 0.6) is 0 Å². The highest BCUT2D eigenvalue weighted by molar-refractivity contribution is 7.19. The quantitative estimate of drug-likeness (QED) is 0.717. The Balaban J connectivity index is 2.48. The molecule has 0 unspecified atom stereocenters. The van der Waals surface area contributed by atoms with Gasteiger partial charge in [-0.3, -0.25) is 0 Å². The number of aryl methyl sites for hydroxylation is 2. The molecule has 2 aromatic rings. The zero-order chi connectivity index (χ0) is 10.7. The lowest BCUT2D eigenvalue weighted by atomic mass is 10.1. The molecule has 0 spiro atoms. The highest BCUT2D eigenvalue weighted by Crippen LogP contribution is 2.32. The van der Waals surface area contributed by atoms with E-state index in [2.05, 4.69) is 31.2 Å². The maximum Gasteiger partial charge on any atom is 0.120 e. The molecule has 0 amide bonds. The van der Waals surface area contributed by atoms with Crippen LogP contribution in [0.4, 0.5) is 0 Å². The van der Waals surface area contributed by atoms with Gasteiger partial charge in [-0.1, -0.05) is 25.1 Å². The number of aldehydes is 1. The SMILES string of the molecule is CCc1c(CCC=O)sc2ccccc12. The summed E-state index contributed by atoms with van der Waals surface area (Å²) in [5.41, 5.74) is 1.43. The van der Waals surface area contributed by atoms with Gasteiger partial charge in [0.05, 0.1) is 0 Å². The molecule has 1 nitrogen and oxygen atoms in total. The zero-order valence-corrected chi connectivity index (χ0v) is 9.64. The van der Waals surface area contributed by atoms with Gasteiger partial charge in [0.1, 0.15) is 6.29 Å². The number of benzene rings is 1. The van der Waals surface area contributed by atoms with Gasteiger partial charge in [0.15, 0.2) is 0 Å². The van der Waals surface area contributed by atoms with E-state index in [9.17, 15) is 4.79 Å². The van der Waals surface area contributed by atoms with Crippen LogP contribution in [0.1, 0.15) is 23.8 Å². The number of hydrogen-bond donors (Lipinski definition) is 0. The minimum absolute atomic E-state index is 0.639. The second-order valence-electron chi connectivity index (χ2n) is 3.56. The molecule has 1 aromatic carbocycles. The summed E-state index contributed by atoms with van der Waals surface area (Å²) in [6.07, 6.45) is 3.59. The minimum atomic E-state index is 0.639. The van der Waals surface area contributed by atoms with Crippen LogP contribution < -0.4 is 0 Å². The maximum atomic E-state index is 10.4. The highest BCUT2D eigenvalue weighted by atomic mass is 32.1. The zero-order valence-electron chi connectivity index (χ0n) is 8.82. The summed E-state index contributed by atoms with van der Waals surface area (Å²) < 4.78 is 1.34. The van der Waals surface area contributed by atoms with Crippen LogP contribution in [0, 0.1) is 0 Å². The summed E-state index contributed by atoms with van der Waals surface area (Å²) in [4.78, 5) is 11.8. The third kappa shape index (κ3) is 1.95. The molecule has 1 aromatic heterocycles. The number of carbonyl (C=O) groups is 1. The lowest BCUT2D eigenvalue weighted by Crippen LogP contribution is -1.87. The Morgan fingerprint density at radius 1 is 1.33 bits per heavy atom. The Morgan fingerprint density at radius 2 is 2.13 bits per heavy atom. The van der Waals surface area contributed by atoms with Gasteiger partial charge in [0.25, 0.3) is 0 Å². The number of hydrogen-bond acceptors (Lipinski definition) is 2. The molecule has 0 saturated carbocycles. The first kappa shape index (κ1) is 10.4. The molecule has 78 valence electrons. The van der Waals surface area contributed by atoms with Gasteiger partial charge >= 0.3 is 0 Å². The average molecular weight is 218 g/mol. The lowest BCUT2D eigenvalue weighted by Gasteiger charge is -1.98.